The number of hydrogen-bond acceptors (Lipinski definition) is 2. The minimum atomic E-state index is -0.400. The molecule has 0 aromatic heterocycles. The third-order valence-electron chi connectivity index (χ3n) is 3.30. The lowest BCUT2D eigenvalue weighted by atomic mass is 10.0. The molecule has 0 spiro atoms. The number of piperazine rings is 1. The normalized spacial score (nSPS) is 18.8. The average Bonchev–Trinajstić information content (AvgIpc) is 2.38. The fourth-order valence-electron chi connectivity index (χ4n) is 2.40. The van der Waals surface area contributed by atoms with E-state index in [1.54, 1.807) is 6.07 Å². The molecule has 1 aromatic carbocycles. The first kappa shape index (κ1) is 13.7. The smallest absolute Gasteiger partial charge is 0.124 e. The summed E-state index contributed by atoms with van der Waals surface area (Å²) >= 11 is 6.07. The van der Waals surface area contributed by atoms with E-state index >= 15 is 0 Å². The summed E-state index contributed by atoms with van der Waals surface area (Å²) in [6, 6.07) is 4.28. The van der Waals surface area contributed by atoms with E-state index in [2.05, 4.69) is 10.2 Å². The van der Waals surface area contributed by atoms with Crippen molar-refractivity contribution in [2.45, 2.75) is 12.5 Å². The van der Waals surface area contributed by atoms with Crippen LogP contribution < -0.4 is 5.32 Å². The molecule has 0 unspecified atom stereocenters. The fourth-order valence-corrected chi connectivity index (χ4v) is 2.70. The standard InChI is InChI=1S/C13H17ClF2N2/c14-12-9-10(16)1-2-11(12)13(3-4-15)18-7-5-17-6-8-18/h1-2,9,13,17H,3-8H2/t13-/m1/s1. The Morgan fingerprint density at radius 2 is 2.06 bits per heavy atom. The van der Waals surface area contributed by atoms with Gasteiger partial charge in [0.25, 0.3) is 0 Å². The summed E-state index contributed by atoms with van der Waals surface area (Å²) < 4.78 is 25.8. The first-order valence-electron chi connectivity index (χ1n) is 6.18. The van der Waals surface area contributed by atoms with Crippen molar-refractivity contribution in [1.82, 2.24) is 10.2 Å². The topological polar surface area (TPSA) is 15.3 Å². The number of alkyl halides is 1. The largest absolute Gasteiger partial charge is 0.314 e. The average molecular weight is 275 g/mol. The molecule has 2 nitrogen and oxygen atoms in total. The van der Waals surface area contributed by atoms with Gasteiger partial charge >= 0.3 is 0 Å². The molecular weight excluding hydrogens is 258 g/mol. The maximum atomic E-state index is 13.1. The third kappa shape index (κ3) is 3.19. The van der Waals surface area contributed by atoms with Gasteiger partial charge in [0.05, 0.1) is 6.67 Å². The van der Waals surface area contributed by atoms with Gasteiger partial charge in [-0.3, -0.25) is 9.29 Å². The first-order chi connectivity index (χ1) is 8.72. The SMILES string of the molecule is FCC[C@H](c1ccc(F)cc1Cl)N1CCNCC1. The van der Waals surface area contributed by atoms with Gasteiger partial charge in [-0.25, -0.2) is 4.39 Å². The number of benzene rings is 1. The van der Waals surface area contributed by atoms with Crippen molar-refractivity contribution in [2.24, 2.45) is 0 Å². The zero-order chi connectivity index (χ0) is 13.0. The van der Waals surface area contributed by atoms with Crippen LogP contribution in [0, 0.1) is 5.82 Å². The van der Waals surface area contributed by atoms with Gasteiger partial charge < -0.3 is 5.32 Å². The lowest BCUT2D eigenvalue weighted by Gasteiger charge is -2.35. The van der Waals surface area contributed by atoms with E-state index in [0.717, 1.165) is 31.7 Å². The highest BCUT2D eigenvalue weighted by Gasteiger charge is 2.23. The highest BCUT2D eigenvalue weighted by atomic mass is 35.5. The molecule has 0 saturated carbocycles. The maximum Gasteiger partial charge on any atom is 0.124 e. The van der Waals surface area contributed by atoms with Crippen LogP contribution in [0.5, 0.6) is 0 Å². The molecule has 1 aromatic rings. The van der Waals surface area contributed by atoms with Crippen LogP contribution in [-0.4, -0.2) is 37.8 Å². The molecule has 2 rings (SSSR count). The second-order valence-electron chi connectivity index (χ2n) is 4.45. The summed E-state index contributed by atoms with van der Waals surface area (Å²) in [7, 11) is 0. The van der Waals surface area contributed by atoms with Gasteiger partial charge in [0, 0.05) is 37.2 Å². The van der Waals surface area contributed by atoms with Gasteiger partial charge in [-0.1, -0.05) is 17.7 Å². The van der Waals surface area contributed by atoms with E-state index in [1.165, 1.54) is 12.1 Å². The second kappa shape index (κ2) is 6.45. The van der Waals surface area contributed by atoms with Crippen molar-refractivity contribution >= 4 is 11.6 Å². The van der Waals surface area contributed by atoms with Gasteiger partial charge in [0.1, 0.15) is 5.82 Å². The minimum Gasteiger partial charge on any atom is -0.314 e. The number of halogens is 3. The molecule has 0 radical (unpaired) electrons. The molecule has 100 valence electrons. The summed E-state index contributed by atoms with van der Waals surface area (Å²) in [6.45, 7) is 3.10. The third-order valence-corrected chi connectivity index (χ3v) is 3.62. The minimum absolute atomic E-state index is 0.0646. The molecule has 0 amide bonds. The molecule has 1 fully saturated rings. The zero-order valence-corrected chi connectivity index (χ0v) is 10.9. The van der Waals surface area contributed by atoms with Crippen LogP contribution in [0.2, 0.25) is 5.02 Å². The van der Waals surface area contributed by atoms with Gasteiger partial charge in [-0.05, 0) is 24.1 Å². The summed E-state index contributed by atoms with van der Waals surface area (Å²) in [4.78, 5) is 2.20. The Hall–Kier alpha value is -0.710. The highest BCUT2D eigenvalue weighted by molar-refractivity contribution is 6.31. The summed E-state index contributed by atoms with van der Waals surface area (Å²) in [5.74, 6) is -0.358. The van der Waals surface area contributed by atoms with Crippen LogP contribution >= 0.6 is 11.6 Å². The van der Waals surface area contributed by atoms with Crippen molar-refractivity contribution in [3.63, 3.8) is 0 Å². The fraction of sp³-hybridized carbons (Fsp3) is 0.538. The summed E-state index contributed by atoms with van der Waals surface area (Å²) in [5.41, 5.74) is 0.817. The molecule has 5 heteroatoms. The second-order valence-corrected chi connectivity index (χ2v) is 4.85. The number of rotatable bonds is 4. The van der Waals surface area contributed by atoms with Gasteiger partial charge in [0.2, 0.25) is 0 Å². The molecule has 1 aliphatic rings. The maximum absolute atomic E-state index is 13.1. The Morgan fingerprint density at radius 1 is 1.33 bits per heavy atom. The van der Waals surface area contributed by atoms with E-state index in [0.29, 0.717) is 11.4 Å². The van der Waals surface area contributed by atoms with E-state index < -0.39 is 6.67 Å². The van der Waals surface area contributed by atoms with Gasteiger partial charge in [0.15, 0.2) is 0 Å². The lowest BCUT2D eigenvalue weighted by molar-refractivity contribution is 0.157. The molecule has 1 heterocycles. The van der Waals surface area contributed by atoms with Crippen LogP contribution in [0.15, 0.2) is 18.2 Å². The molecule has 1 atom stereocenters. The number of nitrogens with zero attached hydrogens (tertiary/aromatic N) is 1. The molecule has 0 aliphatic carbocycles. The molecule has 18 heavy (non-hydrogen) atoms. The molecule has 1 aliphatic heterocycles. The summed E-state index contributed by atoms with van der Waals surface area (Å²) in [6.07, 6.45) is 0.394. The van der Waals surface area contributed by atoms with Crippen molar-refractivity contribution < 1.29 is 8.78 Å². The van der Waals surface area contributed by atoms with Crippen LogP contribution in [0.1, 0.15) is 18.0 Å². The molecule has 1 saturated heterocycles. The van der Waals surface area contributed by atoms with Crippen LogP contribution in [0.4, 0.5) is 8.78 Å². The predicted molar refractivity (Wildman–Crippen MR) is 69.2 cm³/mol. The van der Waals surface area contributed by atoms with Gasteiger partial charge in [-0.15, -0.1) is 0 Å². The monoisotopic (exact) mass is 274 g/mol. The predicted octanol–water partition coefficient (Wildman–Crippen LogP) is 2.79. The van der Waals surface area contributed by atoms with E-state index in [-0.39, 0.29) is 11.9 Å². The van der Waals surface area contributed by atoms with E-state index in [1.807, 2.05) is 0 Å². The van der Waals surface area contributed by atoms with E-state index in [4.69, 9.17) is 11.6 Å². The van der Waals surface area contributed by atoms with Crippen molar-refractivity contribution in [2.75, 3.05) is 32.9 Å². The highest BCUT2D eigenvalue weighted by Crippen LogP contribution is 2.31. The van der Waals surface area contributed by atoms with E-state index in [9.17, 15) is 8.78 Å². The van der Waals surface area contributed by atoms with Crippen molar-refractivity contribution in [3.05, 3.63) is 34.6 Å². The Kier molecular flexibility index (Phi) is 4.92. The Bertz CT molecular complexity index is 395. The number of nitrogens with one attached hydrogen (secondary N) is 1. The number of hydrogen-bond donors (Lipinski definition) is 1. The molecule has 0 bridgehead atoms. The van der Waals surface area contributed by atoms with Crippen LogP contribution in [0.3, 0.4) is 0 Å². The summed E-state index contributed by atoms with van der Waals surface area (Å²) in [5, 5.41) is 3.64. The Morgan fingerprint density at radius 3 is 2.67 bits per heavy atom. The van der Waals surface area contributed by atoms with Crippen molar-refractivity contribution in [3.8, 4) is 0 Å². The van der Waals surface area contributed by atoms with Gasteiger partial charge in [-0.2, -0.15) is 0 Å². The molecule has 1 N–H and O–H groups in total. The van der Waals surface area contributed by atoms with Crippen LogP contribution in [-0.2, 0) is 0 Å². The van der Waals surface area contributed by atoms with Crippen LogP contribution in [0.25, 0.3) is 0 Å². The Labute approximate surface area is 111 Å². The first-order valence-corrected chi connectivity index (χ1v) is 6.56. The molecular formula is C13H17ClF2N2. The Balaban J connectivity index is 2.22. The lowest BCUT2D eigenvalue weighted by Crippen LogP contribution is -2.45. The van der Waals surface area contributed by atoms with Crippen molar-refractivity contribution in [1.29, 1.82) is 0 Å². The zero-order valence-electron chi connectivity index (χ0n) is 10.1. The quantitative estimate of drug-likeness (QED) is 0.908.